The monoisotopic (exact) mass is 222 g/mol. The van der Waals surface area contributed by atoms with Gasteiger partial charge in [-0.3, -0.25) is 0 Å². The van der Waals surface area contributed by atoms with Gasteiger partial charge in [0, 0.05) is 39.3 Å². The zero-order chi connectivity index (χ0) is 10.8. The maximum atomic E-state index is 5.38. The van der Waals surface area contributed by atoms with Gasteiger partial charge >= 0.3 is 0 Å². The van der Waals surface area contributed by atoms with Crippen LogP contribution in [0.25, 0.3) is 0 Å². The Morgan fingerprint density at radius 1 is 1.50 bits per heavy atom. The van der Waals surface area contributed by atoms with Gasteiger partial charge in [-0.2, -0.15) is 0 Å². The lowest BCUT2D eigenvalue weighted by Gasteiger charge is -2.14. The predicted octanol–water partition coefficient (Wildman–Crippen LogP) is 0.350. The Morgan fingerprint density at radius 3 is 3.38 bits per heavy atom. The van der Waals surface area contributed by atoms with Crippen molar-refractivity contribution < 1.29 is 4.74 Å². The number of aryl methyl sites for hydroxylation is 1. The van der Waals surface area contributed by atoms with Crippen molar-refractivity contribution in [1.29, 1.82) is 0 Å². The van der Waals surface area contributed by atoms with E-state index in [1.54, 1.807) is 0 Å². The van der Waals surface area contributed by atoms with Crippen LogP contribution in [-0.4, -0.2) is 34.8 Å². The van der Waals surface area contributed by atoms with Gasteiger partial charge in [0.1, 0.15) is 0 Å². The van der Waals surface area contributed by atoms with Crippen molar-refractivity contribution >= 4 is 0 Å². The zero-order valence-electron chi connectivity index (χ0n) is 9.48. The van der Waals surface area contributed by atoms with Gasteiger partial charge in [0.2, 0.25) is 0 Å². The van der Waals surface area contributed by atoms with Crippen LogP contribution in [0.5, 0.6) is 0 Å². The largest absolute Gasteiger partial charge is 0.381 e. The lowest BCUT2D eigenvalue weighted by molar-refractivity contribution is 0.183. The van der Waals surface area contributed by atoms with E-state index in [0.29, 0.717) is 0 Å². The normalized spacial score (nSPS) is 24.6. The van der Waals surface area contributed by atoms with E-state index in [1.807, 2.05) is 0 Å². The molecule has 1 saturated heterocycles. The Kier molecular flexibility index (Phi) is 2.88. The highest BCUT2D eigenvalue weighted by Crippen LogP contribution is 2.18. The van der Waals surface area contributed by atoms with Gasteiger partial charge in [-0.1, -0.05) is 5.21 Å². The van der Waals surface area contributed by atoms with Crippen LogP contribution in [0.4, 0.5) is 0 Å². The van der Waals surface area contributed by atoms with Gasteiger partial charge < -0.3 is 10.1 Å². The first-order valence-corrected chi connectivity index (χ1v) is 6.13. The van der Waals surface area contributed by atoms with Crippen LogP contribution >= 0.6 is 0 Å². The number of hydrogen-bond donors (Lipinski definition) is 1. The van der Waals surface area contributed by atoms with Crippen LogP contribution in [0.2, 0.25) is 0 Å². The van der Waals surface area contributed by atoms with E-state index in [1.165, 1.54) is 18.5 Å². The molecule has 1 unspecified atom stereocenters. The summed E-state index contributed by atoms with van der Waals surface area (Å²) < 4.78 is 7.48. The average Bonchev–Trinajstić information content (AvgIpc) is 2.96. The molecule has 1 N–H and O–H groups in total. The lowest BCUT2D eigenvalue weighted by atomic mass is 10.1. The lowest BCUT2D eigenvalue weighted by Crippen LogP contribution is -2.25. The molecular formula is C11H18N4O. The molecule has 1 aromatic rings. The first kappa shape index (κ1) is 10.2. The van der Waals surface area contributed by atoms with Crippen molar-refractivity contribution in [3.8, 4) is 0 Å². The average molecular weight is 222 g/mol. The first-order chi connectivity index (χ1) is 7.93. The molecule has 0 aromatic carbocycles. The van der Waals surface area contributed by atoms with Crippen LogP contribution < -0.4 is 5.32 Å². The fourth-order valence-electron chi connectivity index (χ4n) is 2.49. The number of ether oxygens (including phenoxy) is 1. The molecule has 2 aliphatic rings. The molecule has 0 spiro atoms. The quantitative estimate of drug-likeness (QED) is 0.802. The minimum Gasteiger partial charge on any atom is -0.381 e. The van der Waals surface area contributed by atoms with Crippen molar-refractivity contribution in [3.05, 3.63) is 11.4 Å². The maximum absolute atomic E-state index is 5.38. The van der Waals surface area contributed by atoms with E-state index < -0.39 is 0 Å². The second-order valence-corrected chi connectivity index (χ2v) is 4.65. The molecule has 2 aliphatic heterocycles. The van der Waals surface area contributed by atoms with Crippen LogP contribution in [0.3, 0.4) is 0 Å². The third kappa shape index (κ3) is 1.97. The highest BCUT2D eigenvalue weighted by atomic mass is 16.5. The fraction of sp³-hybridized carbons (Fsp3) is 0.818. The van der Waals surface area contributed by atoms with Crippen molar-refractivity contribution in [2.24, 2.45) is 5.92 Å². The van der Waals surface area contributed by atoms with E-state index in [0.717, 1.165) is 50.9 Å². The van der Waals surface area contributed by atoms with Crippen LogP contribution in [0.1, 0.15) is 24.2 Å². The van der Waals surface area contributed by atoms with Gasteiger partial charge in [-0.25, -0.2) is 4.68 Å². The van der Waals surface area contributed by atoms with E-state index in [2.05, 4.69) is 20.3 Å². The molecule has 88 valence electrons. The molecule has 5 heteroatoms. The Bertz CT molecular complexity index is 357. The third-order valence-electron chi connectivity index (χ3n) is 3.52. The highest BCUT2D eigenvalue weighted by Gasteiger charge is 2.19. The summed E-state index contributed by atoms with van der Waals surface area (Å²) in [4.78, 5) is 0. The Morgan fingerprint density at radius 2 is 2.50 bits per heavy atom. The molecule has 1 aromatic heterocycles. The number of nitrogens with one attached hydrogen (secondary N) is 1. The van der Waals surface area contributed by atoms with Crippen molar-refractivity contribution in [3.63, 3.8) is 0 Å². The minimum absolute atomic E-state index is 0.724. The Hall–Kier alpha value is -0.940. The van der Waals surface area contributed by atoms with E-state index >= 15 is 0 Å². The summed E-state index contributed by atoms with van der Waals surface area (Å²) in [5, 5.41) is 11.8. The molecule has 3 heterocycles. The van der Waals surface area contributed by atoms with Gasteiger partial charge in [0.15, 0.2) is 0 Å². The molecular weight excluding hydrogens is 204 g/mol. The summed E-state index contributed by atoms with van der Waals surface area (Å²) in [7, 11) is 0. The number of fused-ring (bicyclic) bond motifs is 1. The molecule has 16 heavy (non-hydrogen) atoms. The summed E-state index contributed by atoms with van der Waals surface area (Å²) in [5.41, 5.74) is 2.46. The molecule has 0 radical (unpaired) electrons. The number of aromatic nitrogens is 3. The molecule has 1 atom stereocenters. The molecule has 0 bridgehead atoms. The van der Waals surface area contributed by atoms with Crippen molar-refractivity contribution in [2.75, 3.05) is 19.8 Å². The molecule has 5 nitrogen and oxygen atoms in total. The Labute approximate surface area is 95.2 Å². The maximum Gasteiger partial charge on any atom is 0.0997 e. The van der Waals surface area contributed by atoms with Gasteiger partial charge in [0.05, 0.1) is 11.4 Å². The molecule has 0 amide bonds. The Balaban J connectivity index is 1.63. The smallest absolute Gasteiger partial charge is 0.0997 e. The number of nitrogens with zero attached hydrogens (tertiary/aromatic N) is 3. The van der Waals surface area contributed by atoms with Crippen molar-refractivity contribution in [1.82, 2.24) is 20.3 Å². The summed E-state index contributed by atoms with van der Waals surface area (Å²) in [6.07, 6.45) is 3.44. The van der Waals surface area contributed by atoms with Crippen LogP contribution in [0, 0.1) is 5.92 Å². The van der Waals surface area contributed by atoms with Gasteiger partial charge in [-0.05, 0) is 18.8 Å². The summed E-state index contributed by atoms with van der Waals surface area (Å²) in [6.45, 7) is 4.79. The fourth-order valence-corrected chi connectivity index (χ4v) is 2.49. The summed E-state index contributed by atoms with van der Waals surface area (Å²) >= 11 is 0. The third-order valence-corrected chi connectivity index (χ3v) is 3.52. The first-order valence-electron chi connectivity index (χ1n) is 6.13. The standard InChI is InChI=1S/C11H18N4O/c1-4-12-7-10-11(1)15(14-13-10)5-2-9-3-6-16-8-9/h9,12H,1-8H2. The van der Waals surface area contributed by atoms with E-state index in [4.69, 9.17) is 4.74 Å². The minimum atomic E-state index is 0.724. The summed E-state index contributed by atoms with van der Waals surface area (Å²) in [6, 6.07) is 0. The summed E-state index contributed by atoms with van der Waals surface area (Å²) in [5.74, 6) is 0.724. The van der Waals surface area contributed by atoms with Crippen LogP contribution in [0.15, 0.2) is 0 Å². The van der Waals surface area contributed by atoms with Crippen molar-refractivity contribution in [2.45, 2.75) is 32.4 Å². The molecule has 1 fully saturated rings. The highest BCUT2D eigenvalue weighted by molar-refractivity contribution is 5.13. The second kappa shape index (κ2) is 4.51. The number of rotatable bonds is 3. The molecule has 0 aliphatic carbocycles. The molecule has 0 saturated carbocycles. The van der Waals surface area contributed by atoms with Gasteiger partial charge in [-0.15, -0.1) is 5.10 Å². The van der Waals surface area contributed by atoms with Gasteiger partial charge in [0.25, 0.3) is 0 Å². The topological polar surface area (TPSA) is 52.0 Å². The van der Waals surface area contributed by atoms with E-state index in [-0.39, 0.29) is 0 Å². The SMILES string of the molecule is C1Cc2c(nnn2CCC2CCOC2)CN1. The second-order valence-electron chi connectivity index (χ2n) is 4.65. The number of hydrogen-bond acceptors (Lipinski definition) is 4. The molecule has 3 rings (SSSR count). The zero-order valence-corrected chi connectivity index (χ0v) is 9.48. The predicted molar refractivity (Wildman–Crippen MR) is 59.0 cm³/mol. The van der Waals surface area contributed by atoms with Crippen LogP contribution in [-0.2, 0) is 24.2 Å². The van der Waals surface area contributed by atoms with E-state index in [9.17, 15) is 0 Å².